The van der Waals surface area contributed by atoms with Crippen molar-refractivity contribution in [2.24, 2.45) is 0 Å². The average molecular weight is 244 g/mol. The van der Waals surface area contributed by atoms with Crippen molar-refractivity contribution >= 4 is 5.69 Å². The molecule has 0 saturated carbocycles. The van der Waals surface area contributed by atoms with Crippen molar-refractivity contribution in [3.8, 4) is 0 Å². The molecule has 0 amide bonds. The second-order valence-electron chi connectivity index (χ2n) is 4.18. The zero-order chi connectivity index (χ0) is 12.4. The number of hydrogen-bond donors (Lipinski definition) is 1. The molecule has 5 heteroatoms. The van der Waals surface area contributed by atoms with Gasteiger partial charge in [-0.3, -0.25) is 0 Å². The van der Waals surface area contributed by atoms with E-state index < -0.39 is 17.5 Å². The van der Waals surface area contributed by atoms with E-state index in [2.05, 4.69) is 5.32 Å². The number of nitrogens with zero attached hydrogens (tertiary/aromatic N) is 1. The Morgan fingerprint density at radius 2 is 1.94 bits per heavy atom. The predicted molar refractivity (Wildman–Crippen MR) is 60.6 cm³/mol. The molecule has 1 aliphatic heterocycles. The van der Waals surface area contributed by atoms with Crippen LogP contribution in [0.5, 0.6) is 0 Å². The Labute approximate surface area is 98.4 Å². The number of halogens is 3. The molecule has 0 spiro atoms. The van der Waals surface area contributed by atoms with Crippen LogP contribution in [0.4, 0.5) is 18.9 Å². The van der Waals surface area contributed by atoms with E-state index in [4.69, 9.17) is 0 Å². The largest absolute Gasteiger partial charge is 0.366 e. The number of benzene rings is 1. The molecule has 1 heterocycles. The van der Waals surface area contributed by atoms with Crippen molar-refractivity contribution in [1.82, 2.24) is 5.32 Å². The minimum absolute atomic E-state index is 0.188. The Morgan fingerprint density at radius 1 is 1.29 bits per heavy atom. The molecule has 1 fully saturated rings. The van der Waals surface area contributed by atoms with Crippen LogP contribution in [-0.2, 0) is 0 Å². The van der Waals surface area contributed by atoms with Crippen LogP contribution in [0.3, 0.4) is 0 Å². The summed E-state index contributed by atoms with van der Waals surface area (Å²) in [4.78, 5) is 1.92. The molecule has 94 valence electrons. The highest BCUT2D eigenvalue weighted by molar-refractivity contribution is 5.49. The normalized spacial score (nSPS) is 20.7. The number of hydrogen-bond acceptors (Lipinski definition) is 2. The van der Waals surface area contributed by atoms with E-state index in [0.717, 1.165) is 31.6 Å². The van der Waals surface area contributed by atoms with Crippen LogP contribution >= 0.6 is 0 Å². The Morgan fingerprint density at radius 3 is 2.53 bits per heavy atom. The molecule has 2 rings (SSSR count). The van der Waals surface area contributed by atoms with Crippen molar-refractivity contribution in [3.63, 3.8) is 0 Å². The number of rotatable bonds is 2. The highest BCUT2D eigenvalue weighted by atomic mass is 19.2. The Balaban J connectivity index is 2.32. The Kier molecular flexibility index (Phi) is 3.57. The minimum atomic E-state index is -1.41. The van der Waals surface area contributed by atoms with E-state index >= 15 is 0 Å². The molecule has 1 aromatic rings. The maximum absolute atomic E-state index is 13.2. The molecule has 2 nitrogen and oxygen atoms in total. The summed E-state index contributed by atoms with van der Waals surface area (Å²) < 4.78 is 39.2. The maximum Gasteiger partial charge on any atom is 0.194 e. The number of piperazine rings is 1. The quantitative estimate of drug-likeness (QED) is 0.803. The lowest BCUT2D eigenvalue weighted by Gasteiger charge is -2.37. The highest BCUT2D eigenvalue weighted by Gasteiger charge is 2.23. The molecule has 0 aliphatic carbocycles. The fourth-order valence-corrected chi connectivity index (χ4v) is 2.17. The van der Waals surface area contributed by atoms with Crippen molar-refractivity contribution in [2.75, 3.05) is 24.5 Å². The van der Waals surface area contributed by atoms with Gasteiger partial charge >= 0.3 is 0 Å². The maximum atomic E-state index is 13.2. The van der Waals surface area contributed by atoms with E-state index in [9.17, 15) is 13.2 Å². The minimum Gasteiger partial charge on any atom is -0.366 e. The van der Waals surface area contributed by atoms with E-state index in [1.165, 1.54) is 0 Å². The predicted octanol–water partition coefficient (Wildman–Crippen LogP) is 2.29. The first-order valence-corrected chi connectivity index (χ1v) is 5.75. The molecular formula is C12H15F3N2. The summed E-state index contributed by atoms with van der Waals surface area (Å²) in [5, 5.41) is 3.22. The number of nitrogens with one attached hydrogen (secondary N) is 1. The summed E-state index contributed by atoms with van der Waals surface area (Å²) in [7, 11) is 0. The van der Waals surface area contributed by atoms with Crippen LogP contribution in [0.15, 0.2) is 12.1 Å². The van der Waals surface area contributed by atoms with Crippen LogP contribution in [0, 0.1) is 17.5 Å². The van der Waals surface area contributed by atoms with Crippen molar-refractivity contribution < 1.29 is 13.2 Å². The first kappa shape index (κ1) is 12.2. The smallest absolute Gasteiger partial charge is 0.194 e. The van der Waals surface area contributed by atoms with Gasteiger partial charge in [-0.05, 0) is 6.42 Å². The highest BCUT2D eigenvalue weighted by Crippen LogP contribution is 2.24. The van der Waals surface area contributed by atoms with Gasteiger partial charge in [-0.25, -0.2) is 13.2 Å². The molecule has 0 aromatic heterocycles. The lowest BCUT2D eigenvalue weighted by atomic mass is 10.1. The van der Waals surface area contributed by atoms with Gasteiger partial charge in [0.05, 0.1) is 0 Å². The standard InChI is InChI=1S/C12H15F3N2/c1-2-8-7-16-3-4-17(8)9-5-10(13)12(15)11(14)6-9/h5-6,8,16H,2-4,7H2,1H3. The molecule has 0 bridgehead atoms. The van der Waals surface area contributed by atoms with Crippen LogP contribution in [0.25, 0.3) is 0 Å². The summed E-state index contributed by atoms with van der Waals surface area (Å²) in [5.74, 6) is -3.67. The first-order chi connectivity index (χ1) is 8.13. The fraction of sp³-hybridized carbons (Fsp3) is 0.500. The molecule has 1 saturated heterocycles. The molecule has 1 aliphatic rings. The third kappa shape index (κ3) is 2.39. The Hall–Kier alpha value is -1.23. The Bertz CT molecular complexity index is 386. The molecular weight excluding hydrogens is 229 g/mol. The molecule has 0 radical (unpaired) electrons. The zero-order valence-electron chi connectivity index (χ0n) is 9.64. The van der Waals surface area contributed by atoms with Crippen LogP contribution < -0.4 is 10.2 Å². The van der Waals surface area contributed by atoms with Crippen molar-refractivity contribution in [1.29, 1.82) is 0 Å². The van der Waals surface area contributed by atoms with Gasteiger partial charge < -0.3 is 10.2 Å². The van der Waals surface area contributed by atoms with Gasteiger partial charge in [0.25, 0.3) is 0 Å². The lowest BCUT2D eigenvalue weighted by Crippen LogP contribution is -2.51. The van der Waals surface area contributed by atoms with E-state index in [0.29, 0.717) is 12.2 Å². The topological polar surface area (TPSA) is 15.3 Å². The van der Waals surface area contributed by atoms with E-state index in [1.807, 2.05) is 11.8 Å². The molecule has 1 aromatic carbocycles. The summed E-state index contributed by atoms with van der Waals surface area (Å²) in [6, 6.07) is 2.31. The average Bonchev–Trinajstić information content (AvgIpc) is 2.35. The van der Waals surface area contributed by atoms with Crippen molar-refractivity contribution in [3.05, 3.63) is 29.6 Å². The van der Waals surface area contributed by atoms with Gasteiger partial charge in [-0.1, -0.05) is 6.92 Å². The second-order valence-corrected chi connectivity index (χ2v) is 4.18. The summed E-state index contributed by atoms with van der Waals surface area (Å²) in [6.07, 6.45) is 0.869. The lowest BCUT2D eigenvalue weighted by molar-refractivity contribution is 0.439. The SMILES string of the molecule is CCC1CNCCN1c1cc(F)c(F)c(F)c1. The van der Waals surface area contributed by atoms with Gasteiger partial charge in [-0.2, -0.15) is 0 Å². The van der Waals surface area contributed by atoms with Crippen LogP contribution in [0.1, 0.15) is 13.3 Å². The molecule has 17 heavy (non-hydrogen) atoms. The zero-order valence-corrected chi connectivity index (χ0v) is 9.64. The van der Waals surface area contributed by atoms with Crippen molar-refractivity contribution in [2.45, 2.75) is 19.4 Å². The van der Waals surface area contributed by atoms with Gasteiger partial charge in [0.15, 0.2) is 17.5 Å². The first-order valence-electron chi connectivity index (χ1n) is 5.75. The monoisotopic (exact) mass is 244 g/mol. The van der Waals surface area contributed by atoms with Gasteiger partial charge in [-0.15, -0.1) is 0 Å². The molecule has 1 atom stereocenters. The van der Waals surface area contributed by atoms with Crippen LogP contribution in [-0.4, -0.2) is 25.7 Å². The summed E-state index contributed by atoms with van der Waals surface area (Å²) in [6.45, 7) is 4.22. The van der Waals surface area contributed by atoms with Gasteiger partial charge in [0, 0.05) is 43.5 Å². The number of anilines is 1. The van der Waals surface area contributed by atoms with Crippen LogP contribution in [0.2, 0.25) is 0 Å². The third-order valence-corrected chi connectivity index (χ3v) is 3.12. The van der Waals surface area contributed by atoms with E-state index in [1.54, 1.807) is 0 Å². The fourth-order valence-electron chi connectivity index (χ4n) is 2.17. The third-order valence-electron chi connectivity index (χ3n) is 3.12. The summed E-state index contributed by atoms with van der Waals surface area (Å²) in [5.41, 5.74) is 0.412. The van der Waals surface area contributed by atoms with Gasteiger partial charge in [0.2, 0.25) is 0 Å². The molecule has 1 unspecified atom stereocenters. The van der Waals surface area contributed by atoms with E-state index in [-0.39, 0.29) is 6.04 Å². The summed E-state index contributed by atoms with van der Waals surface area (Å²) >= 11 is 0. The second kappa shape index (κ2) is 4.96. The van der Waals surface area contributed by atoms with Gasteiger partial charge in [0.1, 0.15) is 0 Å². The molecule has 1 N–H and O–H groups in total.